The van der Waals surface area contributed by atoms with E-state index in [0.29, 0.717) is 36.2 Å². The van der Waals surface area contributed by atoms with E-state index in [0.717, 1.165) is 71.4 Å². The summed E-state index contributed by atoms with van der Waals surface area (Å²) < 4.78 is 10.9. The molecule has 1 N–H and O–H groups in total. The molecule has 5 heteroatoms. The number of carbonyl (C=O) groups is 1. The van der Waals surface area contributed by atoms with E-state index in [-0.39, 0.29) is 18.0 Å². The second-order valence-electron chi connectivity index (χ2n) is 12.2. The minimum absolute atomic E-state index is 0.0508. The molecule has 2 fully saturated rings. The van der Waals surface area contributed by atoms with Crippen molar-refractivity contribution in [3.8, 4) is 0 Å². The highest BCUT2D eigenvalue weighted by atomic mass is 16.5. The zero-order valence-corrected chi connectivity index (χ0v) is 22.4. The average Bonchev–Trinajstić information content (AvgIpc) is 2.80. The van der Waals surface area contributed by atoms with Crippen LogP contribution in [0.2, 0.25) is 0 Å². The molecule has 1 heterocycles. The maximum atomic E-state index is 12.4. The van der Waals surface area contributed by atoms with Crippen molar-refractivity contribution in [3.63, 3.8) is 0 Å². The standard InChI is InChI=1S/C29H51NO4/c1-23(21-27(32)34-18-7-5-6-15-30-16-19-33-20-17-30)9-11-25-24(22-31)10-12-26-28(2,3)13-8-14-29(25,26)4/h10,23,25-26,31H,5-9,11-22H2,1-4H3/t23-,25-,26-,29+/m0/s1. The van der Waals surface area contributed by atoms with Crippen molar-refractivity contribution in [1.82, 2.24) is 4.90 Å². The predicted octanol–water partition coefficient (Wildman–Crippen LogP) is 5.61. The number of fused-ring (bicyclic) bond motifs is 1. The number of morpholine rings is 1. The van der Waals surface area contributed by atoms with Crippen LogP contribution in [0.25, 0.3) is 0 Å². The molecule has 0 aromatic heterocycles. The third-order valence-corrected chi connectivity index (χ3v) is 9.27. The second-order valence-corrected chi connectivity index (χ2v) is 12.2. The van der Waals surface area contributed by atoms with Crippen molar-refractivity contribution in [2.45, 2.75) is 91.9 Å². The summed E-state index contributed by atoms with van der Waals surface area (Å²) in [5.74, 6) is 1.37. The highest BCUT2D eigenvalue weighted by Gasteiger charge is 2.52. The van der Waals surface area contributed by atoms with Gasteiger partial charge < -0.3 is 14.6 Å². The van der Waals surface area contributed by atoms with E-state index >= 15 is 0 Å². The first-order valence-corrected chi connectivity index (χ1v) is 14.0. The van der Waals surface area contributed by atoms with Crippen molar-refractivity contribution in [1.29, 1.82) is 0 Å². The van der Waals surface area contributed by atoms with E-state index in [1.54, 1.807) is 0 Å². The fourth-order valence-corrected chi connectivity index (χ4v) is 7.22. The van der Waals surface area contributed by atoms with E-state index in [9.17, 15) is 9.90 Å². The lowest BCUT2D eigenvalue weighted by Gasteiger charge is -2.57. The van der Waals surface area contributed by atoms with Gasteiger partial charge in [0.15, 0.2) is 0 Å². The van der Waals surface area contributed by atoms with Crippen molar-refractivity contribution in [2.24, 2.45) is 28.6 Å². The Morgan fingerprint density at radius 2 is 1.97 bits per heavy atom. The maximum absolute atomic E-state index is 12.4. The molecule has 1 saturated carbocycles. The molecule has 2 aliphatic carbocycles. The summed E-state index contributed by atoms with van der Waals surface area (Å²) >= 11 is 0. The Labute approximate surface area is 208 Å². The molecule has 1 aliphatic heterocycles. The molecule has 3 aliphatic rings. The Morgan fingerprint density at radius 1 is 1.21 bits per heavy atom. The normalized spacial score (nSPS) is 30.3. The van der Waals surface area contributed by atoms with Gasteiger partial charge in [0.25, 0.3) is 0 Å². The Kier molecular flexibility index (Phi) is 10.5. The molecule has 0 unspecified atom stereocenters. The Balaban J connectivity index is 1.36. The van der Waals surface area contributed by atoms with Crippen molar-refractivity contribution < 1.29 is 19.4 Å². The van der Waals surface area contributed by atoms with Crippen LogP contribution in [-0.4, -0.2) is 62.0 Å². The molecule has 3 rings (SSSR count). The average molecular weight is 478 g/mol. The summed E-state index contributed by atoms with van der Waals surface area (Å²) in [5.41, 5.74) is 1.86. The SMILES string of the molecule is C[C@@H](CC[C@H]1C(CO)=CC[C@H]2C(C)(C)CCC[C@]12C)CC(=O)OCCCCCN1CCOCC1. The van der Waals surface area contributed by atoms with Crippen LogP contribution in [0.5, 0.6) is 0 Å². The highest BCUT2D eigenvalue weighted by Crippen LogP contribution is 2.60. The summed E-state index contributed by atoms with van der Waals surface area (Å²) in [6.07, 6.45) is 13.1. The molecule has 0 spiro atoms. The molecule has 0 bridgehead atoms. The van der Waals surface area contributed by atoms with Gasteiger partial charge in [0, 0.05) is 19.5 Å². The molecule has 1 saturated heterocycles. The van der Waals surface area contributed by atoms with E-state index in [1.807, 2.05) is 0 Å². The van der Waals surface area contributed by atoms with Crippen LogP contribution in [0, 0.1) is 28.6 Å². The predicted molar refractivity (Wildman–Crippen MR) is 138 cm³/mol. The second kappa shape index (κ2) is 12.9. The minimum Gasteiger partial charge on any atom is -0.466 e. The number of ether oxygens (including phenoxy) is 2. The highest BCUT2D eigenvalue weighted by molar-refractivity contribution is 5.69. The van der Waals surface area contributed by atoms with E-state index in [4.69, 9.17) is 9.47 Å². The topological polar surface area (TPSA) is 59.0 Å². The lowest BCUT2D eigenvalue weighted by Crippen LogP contribution is -2.49. The van der Waals surface area contributed by atoms with Gasteiger partial charge in [-0.3, -0.25) is 9.69 Å². The summed E-state index contributed by atoms with van der Waals surface area (Å²) in [7, 11) is 0. The molecule has 0 amide bonds. The third-order valence-electron chi connectivity index (χ3n) is 9.27. The first-order valence-electron chi connectivity index (χ1n) is 14.0. The molecule has 0 aromatic carbocycles. The maximum Gasteiger partial charge on any atom is 0.306 e. The first-order chi connectivity index (χ1) is 16.3. The number of hydrogen-bond donors (Lipinski definition) is 1. The van der Waals surface area contributed by atoms with Crippen LogP contribution >= 0.6 is 0 Å². The summed E-state index contributed by atoms with van der Waals surface area (Å²) in [6, 6.07) is 0. The first kappa shape index (κ1) is 27.7. The van der Waals surface area contributed by atoms with Crippen molar-refractivity contribution in [3.05, 3.63) is 11.6 Å². The van der Waals surface area contributed by atoms with Gasteiger partial charge in [0.1, 0.15) is 0 Å². The summed E-state index contributed by atoms with van der Waals surface area (Å²) in [4.78, 5) is 14.8. The monoisotopic (exact) mass is 477 g/mol. The van der Waals surface area contributed by atoms with E-state index in [1.165, 1.54) is 24.8 Å². The lowest BCUT2D eigenvalue weighted by molar-refractivity contribution is -0.144. The van der Waals surface area contributed by atoms with Gasteiger partial charge in [-0.25, -0.2) is 0 Å². The number of carbonyl (C=O) groups excluding carboxylic acids is 1. The van der Waals surface area contributed by atoms with Crippen LogP contribution in [-0.2, 0) is 14.3 Å². The van der Waals surface area contributed by atoms with E-state index < -0.39 is 0 Å². The zero-order chi connectivity index (χ0) is 24.6. The van der Waals surface area contributed by atoms with Gasteiger partial charge in [-0.05, 0) is 92.1 Å². The van der Waals surface area contributed by atoms with Gasteiger partial charge in [0.2, 0.25) is 0 Å². The van der Waals surface area contributed by atoms with E-state index in [2.05, 4.69) is 38.7 Å². The fraction of sp³-hybridized carbons (Fsp3) is 0.897. The minimum atomic E-state index is -0.0508. The fourth-order valence-electron chi connectivity index (χ4n) is 7.22. The number of hydrogen-bond acceptors (Lipinski definition) is 5. The van der Waals surface area contributed by atoms with Gasteiger partial charge in [-0.1, -0.05) is 40.2 Å². The number of rotatable bonds is 12. The lowest BCUT2D eigenvalue weighted by atomic mass is 9.48. The van der Waals surface area contributed by atoms with Gasteiger partial charge in [-0.15, -0.1) is 0 Å². The van der Waals surface area contributed by atoms with Crippen LogP contribution in [0.1, 0.15) is 91.9 Å². The largest absolute Gasteiger partial charge is 0.466 e. The number of allylic oxidation sites excluding steroid dienone is 1. The number of unbranched alkanes of at least 4 members (excludes halogenated alkanes) is 2. The Bertz CT molecular complexity index is 669. The quantitative estimate of drug-likeness (QED) is 0.225. The zero-order valence-electron chi connectivity index (χ0n) is 22.4. The van der Waals surface area contributed by atoms with Gasteiger partial charge in [0.05, 0.1) is 26.4 Å². The van der Waals surface area contributed by atoms with Crippen LogP contribution < -0.4 is 0 Å². The summed E-state index contributed by atoms with van der Waals surface area (Å²) in [5, 5.41) is 10.1. The van der Waals surface area contributed by atoms with Crippen LogP contribution in [0.4, 0.5) is 0 Å². The number of aliphatic hydroxyl groups excluding tert-OH is 1. The molecule has 0 radical (unpaired) electrons. The molecular weight excluding hydrogens is 426 g/mol. The number of aliphatic hydroxyl groups is 1. The molecule has 4 atom stereocenters. The summed E-state index contributed by atoms with van der Waals surface area (Å²) in [6.45, 7) is 15.2. The molecule has 34 heavy (non-hydrogen) atoms. The molecule has 196 valence electrons. The number of nitrogens with zero attached hydrogens (tertiary/aromatic N) is 1. The van der Waals surface area contributed by atoms with Gasteiger partial charge in [-0.2, -0.15) is 0 Å². The smallest absolute Gasteiger partial charge is 0.306 e. The molecule has 5 nitrogen and oxygen atoms in total. The Morgan fingerprint density at radius 3 is 2.71 bits per heavy atom. The molecular formula is C29H51NO4. The number of esters is 1. The Hall–Kier alpha value is -0.910. The molecule has 0 aromatic rings. The van der Waals surface area contributed by atoms with Crippen LogP contribution in [0.3, 0.4) is 0 Å². The van der Waals surface area contributed by atoms with Crippen molar-refractivity contribution in [2.75, 3.05) is 46.1 Å². The van der Waals surface area contributed by atoms with Crippen LogP contribution in [0.15, 0.2) is 11.6 Å². The third kappa shape index (κ3) is 7.30. The van der Waals surface area contributed by atoms with Gasteiger partial charge >= 0.3 is 5.97 Å². The van der Waals surface area contributed by atoms with Crippen molar-refractivity contribution >= 4 is 5.97 Å².